The van der Waals surface area contributed by atoms with Crippen molar-refractivity contribution in [2.75, 3.05) is 0 Å². The van der Waals surface area contributed by atoms with Gasteiger partial charge in [0.25, 0.3) is 0 Å². The third-order valence-electron chi connectivity index (χ3n) is 4.81. The van der Waals surface area contributed by atoms with Crippen LogP contribution >= 0.6 is 0 Å². The Bertz CT molecular complexity index is 1210. The molecule has 0 bridgehead atoms. The average molecular weight is 413 g/mol. The molecule has 0 saturated heterocycles. The van der Waals surface area contributed by atoms with E-state index in [0.29, 0.717) is 23.3 Å². The van der Waals surface area contributed by atoms with Crippen molar-refractivity contribution < 1.29 is 17.9 Å². The molecule has 8 heteroatoms. The fourth-order valence-electron chi connectivity index (χ4n) is 3.30. The van der Waals surface area contributed by atoms with E-state index in [9.17, 15) is 18.0 Å². The molecule has 4 aromatic rings. The van der Waals surface area contributed by atoms with E-state index in [4.69, 9.17) is 0 Å². The molecule has 4 rings (SSSR count). The molecule has 0 aliphatic carbocycles. The highest BCUT2D eigenvalue weighted by atomic mass is 19.4. The van der Waals surface area contributed by atoms with Gasteiger partial charge in [0.15, 0.2) is 5.65 Å². The topological polar surface area (TPSA) is 48.5 Å². The quantitative estimate of drug-likeness (QED) is 0.469. The van der Waals surface area contributed by atoms with Gasteiger partial charge in [0.05, 0.1) is 6.54 Å². The van der Waals surface area contributed by atoms with Crippen LogP contribution in [0.5, 0.6) is 5.75 Å². The zero-order valence-electron chi connectivity index (χ0n) is 16.0. The molecule has 30 heavy (non-hydrogen) atoms. The summed E-state index contributed by atoms with van der Waals surface area (Å²) < 4.78 is 43.7. The van der Waals surface area contributed by atoms with E-state index in [0.717, 1.165) is 5.56 Å². The number of hydrogen-bond donors (Lipinski definition) is 0. The lowest BCUT2D eigenvalue weighted by Crippen LogP contribution is -2.23. The van der Waals surface area contributed by atoms with Gasteiger partial charge in [-0.1, -0.05) is 49.4 Å². The van der Waals surface area contributed by atoms with E-state index >= 15 is 0 Å². The fourth-order valence-corrected chi connectivity index (χ4v) is 3.30. The first-order valence-electron chi connectivity index (χ1n) is 9.30. The predicted octanol–water partition coefficient (Wildman–Crippen LogP) is 4.87. The van der Waals surface area contributed by atoms with Crippen LogP contribution in [0.25, 0.3) is 16.8 Å². The van der Waals surface area contributed by atoms with Crippen molar-refractivity contribution in [3.05, 3.63) is 89.0 Å². The second kappa shape index (κ2) is 7.70. The second-order valence-corrected chi connectivity index (χ2v) is 6.99. The Morgan fingerprint density at radius 1 is 0.967 bits per heavy atom. The van der Waals surface area contributed by atoms with Gasteiger partial charge < -0.3 is 4.74 Å². The SMILES string of the molecule is CC(Cn1nc2ccc(-c3ccc(OC(F)(F)F)cc3)cn2c1=O)c1ccccc1. The number of alkyl halides is 3. The molecule has 154 valence electrons. The van der Waals surface area contributed by atoms with Crippen molar-refractivity contribution in [3.8, 4) is 16.9 Å². The van der Waals surface area contributed by atoms with Crippen molar-refractivity contribution in [1.82, 2.24) is 14.2 Å². The van der Waals surface area contributed by atoms with E-state index in [2.05, 4.69) is 9.84 Å². The van der Waals surface area contributed by atoms with Gasteiger partial charge in [-0.2, -0.15) is 0 Å². The van der Waals surface area contributed by atoms with Crippen LogP contribution in [0, 0.1) is 0 Å². The van der Waals surface area contributed by atoms with Crippen molar-refractivity contribution in [2.45, 2.75) is 25.7 Å². The average Bonchev–Trinajstić information content (AvgIpc) is 3.03. The predicted molar refractivity (Wildman–Crippen MR) is 106 cm³/mol. The molecule has 2 aromatic heterocycles. The molecule has 0 spiro atoms. The molecule has 0 aliphatic heterocycles. The highest BCUT2D eigenvalue weighted by Gasteiger charge is 2.31. The Morgan fingerprint density at radius 3 is 2.30 bits per heavy atom. The zero-order chi connectivity index (χ0) is 21.3. The number of benzene rings is 2. The number of fused-ring (bicyclic) bond motifs is 1. The van der Waals surface area contributed by atoms with Crippen molar-refractivity contribution in [3.63, 3.8) is 0 Å². The van der Waals surface area contributed by atoms with E-state index in [1.165, 1.54) is 33.3 Å². The molecular weight excluding hydrogens is 395 g/mol. The number of pyridine rings is 1. The van der Waals surface area contributed by atoms with E-state index in [1.807, 2.05) is 37.3 Å². The lowest BCUT2D eigenvalue weighted by atomic mass is 10.0. The molecule has 0 amide bonds. The van der Waals surface area contributed by atoms with E-state index in [-0.39, 0.29) is 17.4 Å². The summed E-state index contributed by atoms with van der Waals surface area (Å²) in [5, 5.41) is 4.39. The summed E-state index contributed by atoms with van der Waals surface area (Å²) >= 11 is 0. The number of rotatable bonds is 5. The van der Waals surface area contributed by atoms with Crippen LogP contribution < -0.4 is 10.4 Å². The summed E-state index contributed by atoms with van der Waals surface area (Å²) in [6.07, 6.45) is -3.10. The van der Waals surface area contributed by atoms with Crippen molar-refractivity contribution in [2.24, 2.45) is 0 Å². The molecule has 0 saturated carbocycles. The standard InChI is InChI=1S/C22H18F3N3O2/c1-15(16-5-3-2-4-6-16)13-28-21(29)27-14-18(9-12-20(27)26-28)17-7-10-19(11-8-17)30-22(23,24)25/h2-12,14-15H,13H2,1H3. The van der Waals surface area contributed by atoms with Gasteiger partial charge >= 0.3 is 12.1 Å². The molecule has 2 heterocycles. The van der Waals surface area contributed by atoms with Gasteiger partial charge in [-0.15, -0.1) is 18.3 Å². The van der Waals surface area contributed by atoms with Gasteiger partial charge in [0.1, 0.15) is 5.75 Å². The van der Waals surface area contributed by atoms with Crippen molar-refractivity contribution >= 4 is 5.65 Å². The molecule has 0 N–H and O–H groups in total. The number of aromatic nitrogens is 3. The number of halogens is 3. The maximum absolute atomic E-state index is 12.8. The third kappa shape index (κ3) is 4.22. The minimum Gasteiger partial charge on any atom is -0.406 e. The number of hydrogen-bond acceptors (Lipinski definition) is 3. The first-order valence-corrected chi connectivity index (χ1v) is 9.30. The maximum Gasteiger partial charge on any atom is 0.573 e. The summed E-state index contributed by atoms with van der Waals surface area (Å²) in [4.78, 5) is 12.8. The minimum absolute atomic E-state index is 0.106. The molecule has 1 atom stereocenters. The lowest BCUT2D eigenvalue weighted by molar-refractivity contribution is -0.274. The highest BCUT2D eigenvalue weighted by Crippen LogP contribution is 2.26. The Morgan fingerprint density at radius 2 is 1.63 bits per heavy atom. The molecule has 0 radical (unpaired) electrons. The fraction of sp³-hybridized carbons (Fsp3) is 0.182. The monoisotopic (exact) mass is 413 g/mol. The smallest absolute Gasteiger partial charge is 0.406 e. The molecular formula is C22H18F3N3O2. The van der Waals surface area contributed by atoms with Gasteiger partial charge in [-0.25, -0.2) is 13.9 Å². The van der Waals surface area contributed by atoms with Crippen LogP contribution in [0.2, 0.25) is 0 Å². The molecule has 5 nitrogen and oxygen atoms in total. The summed E-state index contributed by atoms with van der Waals surface area (Å²) in [5.74, 6) is -0.193. The van der Waals surface area contributed by atoms with Crippen LogP contribution in [-0.4, -0.2) is 20.5 Å². The van der Waals surface area contributed by atoms with Gasteiger partial charge in [0, 0.05) is 12.1 Å². The Balaban J connectivity index is 1.60. The number of nitrogens with zero attached hydrogens (tertiary/aromatic N) is 3. The Labute approximate surface area is 170 Å². The minimum atomic E-state index is -4.74. The maximum atomic E-state index is 12.8. The summed E-state index contributed by atoms with van der Waals surface area (Å²) in [6, 6.07) is 18.8. The van der Waals surface area contributed by atoms with Crippen molar-refractivity contribution in [1.29, 1.82) is 0 Å². The third-order valence-corrected chi connectivity index (χ3v) is 4.81. The van der Waals surface area contributed by atoms with Gasteiger partial charge in [-0.05, 0) is 41.0 Å². The van der Waals surface area contributed by atoms with Gasteiger partial charge in [-0.3, -0.25) is 0 Å². The number of ether oxygens (including phenoxy) is 1. The highest BCUT2D eigenvalue weighted by molar-refractivity contribution is 5.65. The summed E-state index contributed by atoms with van der Waals surface area (Å²) in [6.45, 7) is 2.46. The van der Waals surface area contributed by atoms with Gasteiger partial charge in [0.2, 0.25) is 0 Å². The molecule has 1 unspecified atom stereocenters. The van der Waals surface area contributed by atoms with Crippen LogP contribution in [0.1, 0.15) is 18.4 Å². The normalized spacial score (nSPS) is 12.8. The largest absolute Gasteiger partial charge is 0.573 e. The summed E-state index contributed by atoms with van der Waals surface area (Å²) in [7, 11) is 0. The van der Waals surface area contributed by atoms with Crippen LogP contribution in [0.15, 0.2) is 77.7 Å². The first-order chi connectivity index (χ1) is 14.3. The lowest BCUT2D eigenvalue weighted by Gasteiger charge is -2.10. The summed E-state index contributed by atoms with van der Waals surface area (Å²) in [5.41, 5.74) is 2.68. The molecule has 0 fully saturated rings. The van der Waals surface area contributed by atoms with Crippen LogP contribution in [0.3, 0.4) is 0 Å². The molecule has 2 aromatic carbocycles. The zero-order valence-corrected chi connectivity index (χ0v) is 16.0. The van der Waals surface area contributed by atoms with Crippen LogP contribution in [0.4, 0.5) is 13.2 Å². The van der Waals surface area contributed by atoms with E-state index < -0.39 is 6.36 Å². The Hall–Kier alpha value is -3.55. The van der Waals surface area contributed by atoms with Crippen LogP contribution in [-0.2, 0) is 6.54 Å². The first kappa shape index (κ1) is 19.8. The second-order valence-electron chi connectivity index (χ2n) is 6.99. The Kier molecular flexibility index (Phi) is 5.07. The molecule has 0 aliphatic rings. The van der Waals surface area contributed by atoms with E-state index in [1.54, 1.807) is 18.3 Å².